The van der Waals surface area contributed by atoms with E-state index in [0.29, 0.717) is 95.5 Å². The summed E-state index contributed by atoms with van der Waals surface area (Å²) in [6.07, 6.45) is 17.8. The lowest BCUT2D eigenvalue weighted by molar-refractivity contribution is -0.131. The van der Waals surface area contributed by atoms with Crippen LogP contribution in [0.3, 0.4) is 0 Å². The standard InChI is InChI=1S/C21H28N6O.C18H21N5O2.C14H14N4.C9H4BrN3.C9H18N2O2.C6H16N2.CH4.2ClH/c1-3-25(4-2)11-5-6-19(28)27-14-12-26(13-15-27)18-8-7-17(16-22)20-21(18)24-10-9-23-20;1-18(2,3)25-17(24)23-10-8-22(9-11-23)14-5-4-13(12-19)15-16(14)21-7-6-20-15;15-10-11-4-5-12(18-8-2-1-3-9-18)14-13(11)16-6-7-17-14;10-7-2-1-6(5-11)8-9(7)13-4-3-12-8;1-9(2,3)13-8(12)11-6-4-10-5-7-11;1-3-8(4-2)6-5-7;;;/h7-10H,3-6,11-15H2,1-2H3;4-7H,8-11H2,1-3H3;4-7H,1-3,8-9H2;1-4H;10H,4-7H2,1-3H3;3-7H2,1-2H3;1H4;2*1H. The Kier molecular flexibility index (Phi) is 38.7. The molecule has 580 valence electrons. The van der Waals surface area contributed by atoms with E-state index >= 15 is 0 Å². The SMILES string of the molecule is C.CC(C)(C)OC(=O)N1CCN(c2ccc(C#N)c3nccnc23)CC1.CC(C)(C)OC(=O)N1CCNCC1.CCN(CC)CCCC(=O)N1CCN(c2ccc(C#N)c3nccnc23)CC1.CCN(CC)CCN.Cl.Cl.N#Cc1ccc(Br)c2nccnc12.N#Cc1ccc(N2CCCCC2)c2nccnc12. The molecular formula is C78H107BrCl2N22O5. The van der Waals surface area contributed by atoms with E-state index in [-0.39, 0.29) is 55.9 Å². The van der Waals surface area contributed by atoms with Gasteiger partial charge in [0.05, 0.1) is 39.3 Å². The molecular weight excluding hydrogens is 1480 g/mol. The topological polar surface area (TPSA) is 332 Å². The number of amides is 3. The summed E-state index contributed by atoms with van der Waals surface area (Å²) in [6.45, 7) is 37.8. The number of nitrogens with one attached hydrogen (secondary N) is 1. The Labute approximate surface area is 657 Å². The quantitative estimate of drug-likeness (QED) is 0.108. The highest BCUT2D eigenvalue weighted by Gasteiger charge is 2.29. The van der Waals surface area contributed by atoms with Crippen molar-refractivity contribution in [1.29, 1.82) is 21.0 Å². The van der Waals surface area contributed by atoms with Gasteiger partial charge in [-0.3, -0.25) is 44.7 Å². The first kappa shape index (κ1) is 90.9. The van der Waals surface area contributed by atoms with Crippen molar-refractivity contribution in [3.05, 3.63) is 125 Å². The van der Waals surface area contributed by atoms with Crippen LogP contribution in [0.15, 0.2) is 103 Å². The molecule has 4 aromatic carbocycles. The van der Waals surface area contributed by atoms with E-state index < -0.39 is 5.60 Å². The van der Waals surface area contributed by atoms with Crippen molar-refractivity contribution in [2.24, 2.45) is 5.73 Å². The first-order chi connectivity index (χ1) is 50.6. The Balaban J connectivity index is 0.000000283. The summed E-state index contributed by atoms with van der Waals surface area (Å²) in [4.78, 5) is 87.4. The fraction of sp³-hybridized carbons (Fsp3) is 0.500. The number of nitrogens with two attached hydrogens (primary N) is 1. The molecule has 3 N–H and O–H groups in total. The molecule has 0 bridgehead atoms. The Bertz CT molecular complexity index is 4310. The molecule has 4 aliphatic rings. The summed E-state index contributed by atoms with van der Waals surface area (Å²) in [5.74, 6) is 0.247. The second-order valence-corrected chi connectivity index (χ2v) is 27.8. The normalized spacial score (nSPS) is 14.1. The van der Waals surface area contributed by atoms with Crippen molar-refractivity contribution >= 4 is 120 Å². The molecule has 27 nitrogen and oxygen atoms in total. The van der Waals surface area contributed by atoms with Gasteiger partial charge in [-0.2, -0.15) is 21.0 Å². The van der Waals surface area contributed by atoms with Crippen molar-refractivity contribution in [2.45, 2.75) is 120 Å². The van der Waals surface area contributed by atoms with Crippen molar-refractivity contribution < 1.29 is 23.9 Å². The maximum atomic E-state index is 12.5. The number of benzene rings is 4. The predicted octanol–water partition coefficient (Wildman–Crippen LogP) is 12.2. The van der Waals surface area contributed by atoms with Crippen molar-refractivity contribution in [2.75, 3.05) is 152 Å². The zero-order valence-corrected chi connectivity index (χ0v) is 66.6. The minimum atomic E-state index is -0.493. The minimum Gasteiger partial charge on any atom is -0.444 e. The number of aromatic nitrogens is 8. The monoisotopic (exact) mass is 1580 g/mol. The maximum Gasteiger partial charge on any atom is 0.410 e. The number of rotatable bonds is 13. The minimum absolute atomic E-state index is 0. The molecule has 0 spiro atoms. The van der Waals surface area contributed by atoms with Gasteiger partial charge in [-0.15, -0.1) is 24.8 Å². The van der Waals surface area contributed by atoms with E-state index in [1.807, 2.05) is 70.7 Å². The van der Waals surface area contributed by atoms with Crippen LogP contribution >= 0.6 is 40.7 Å². The molecule has 0 radical (unpaired) electrons. The number of ether oxygens (including phenoxy) is 2. The second kappa shape index (κ2) is 46.0. The van der Waals surface area contributed by atoms with Crippen LogP contribution in [0.25, 0.3) is 44.1 Å². The largest absolute Gasteiger partial charge is 0.444 e. The highest BCUT2D eigenvalue weighted by Crippen LogP contribution is 2.31. The molecule has 8 heterocycles. The number of halogens is 3. The number of carbonyl (C=O) groups excluding carboxylic acids is 3. The summed E-state index contributed by atoms with van der Waals surface area (Å²) < 4.78 is 11.5. The van der Waals surface area contributed by atoms with Gasteiger partial charge in [0.25, 0.3) is 0 Å². The number of nitriles is 4. The number of carbonyl (C=O) groups is 3. The van der Waals surface area contributed by atoms with E-state index in [9.17, 15) is 24.9 Å². The molecule has 4 aromatic heterocycles. The summed E-state index contributed by atoms with van der Waals surface area (Å²) in [7, 11) is 0. The van der Waals surface area contributed by atoms with Gasteiger partial charge in [-0.1, -0.05) is 35.1 Å². The molecule has 0 unspecified atom stereocenters. The molecule has 0 atom stereocenters. The first-order valence-electron chi connectivity index (χ1n) is 36.2. The summed E-state index contributed by atoms with van der Waals surface area (Å²) in [5, 5.41) is 39.6. The molecule has 0 saturated carbocycles. The van der Waals surface area contributed by atoms with E-state index in [0.717, 1.165) is 143 Å². The third kappa shape index (κ3) is 26.7. The van der Waals surface area contributed by atoms with Crippen LogP contribution in [-0.2, 0) is 14.3 Å². The van der Waals surface area contributed by atoms with Crippen molar-refractivity contribution in [3.63, 3.8) is 0 Å². The fourth-order valence-electron chi connectivity index (χ4n) is 12.1. The highest BCUT2D eigenvalue weighted by molar-refractivity contribution is 9.10. The van der Waals surface area contributed by atoms with E-state index in [1.54, 1.807) is 83.6 Å². The third-order valence-electron chi connectivity index (χ3n) is 17.7. The molecule has 8 aromatic rings. The molecule has 3 amide bonds. The zero-order chi connectivity index (χ0) is 75.9. The number of hydrogen-bond donors (Lipinski definition) is 2. The van der Waals surface area contributed by atoms with Crippen LogP contribution in [0.1, 0.15) is 131 Å². The lowest BCUT2D eigenvalue weighted by Crippen LogP contribution is -2.50. The average molecular weight is 1580 g/mol. The molecule has 4 aliphatic heterocycles. The number of hydrogen-bond acceptors (Lipinski definition) is 24. The number of piperidine rings is 1. The molecule has 4 fully saturated rings. The number of fused-ring (bicyclic) bond motifs is 4. The highest BCUT2D eigenvalue weighted by atomic mass is 79.9. The molecule has 30 heteroatoms. The Morgan fingerprint density at radius 3 is 1.11 bits per heavy atom. The number of anilines is 3. The van der Waals surface area contributed by atoms with Crippen LogP contribution < -0.4 is 25.8 Å². The predicted molar refractivity (Wildman–Crippen MR) is 435 cm³/mol. The lowest BCUT2D eigenvalue weighted by Gasteiger charge is -2.37. The first-order valence-corrected chi connectivity index (χ1v) is 37.0. The number of likely N-dealkylation sites (N-methyl/N-ethyl adjacent to an activating group) is 1. The van der Waals surface area contributed by atoms with Gasteiger partial charge >= 0.3 is 12.2 Å². The number of nitrogens with zero attached hydrogens (tertiary/aromatic N) is 20. The van der Waals surface area contributed by atoms with E-state index in [2.05, 4.69) is 138 Å². The van der Waals surface area contributed by atoms with Crippen LogP contribution in [0, 0.1) is 45.3 Å². The fourth-order valence-corrected chi connectivity index (χ4v) is 12.5. The summed E-state index contributed by atoms with van der Waals surface area (Å²) in [5.41, 5.74) is 15.3. The average Bonchev–Trinajstić information content (AvgIpc) is 0.801. The summed E-state index contributed by atoms with van der Waals surface area (Å²) in [6, 6.07) is 23.4. The molecule has 108 heavy (non-hydrogen) atoms. The van der Waals surface area contributed by atoms with Gasteiger partial charge in [0.2, 0.25) is 5.91 Å². The van der Waals surface area contributed by atoms with Gasteiger partial charge < -0.3 is 59.7 Å². The lowest BCUT2D eigenvalue weighted by atomic mass is 10.1. The van der Waals surface area contributed by atoms with Gasteiger partial charge in [0.15, 0.2) is 0 Å². The van der Waals surface area contributed by atoms with Crippen LogP contribution in [0.4, 0.5) is 26.7 Å². The van der Waals surface area contributed by atoms with Crippen LogP contribution in [0.5, 0.6) is 0 Å². The van der Waals surface area contributed by atoms with Gasteiger partial charge in [-0.25, -0.2) is 9.59 Å². The van der Waals surface area contributed by atoms with E-state index in [1.165, 1.54) is 19.3 Å². The second-order valence-electron chi connectivity index (χ2n) is 27.0. The molecule has 12 rings (SSSR count). The van der Waals surface area contributed by atoms with Crippen LogP contribution in [0.2, 0.25) is 0 Å². The molecule has 0 aliphatic carbocycles. The summed E-state index contributed by atoms with van der Waals surface area (Å²) >= 11 is 3.35. The molecule has 4 saturated heterocycles. The Hall–Kier alpha value is -9.49. The Morgan fingerprint density at radius 2 is 0.769 bits per heavy atom. The van der Waals surface area contributed by atoms with Gasteiger partial charge in [0, 0.05) is 165 Å². The number of piperazine rings is 3. The Morgan fingerprint density at radius 1 is 0.454 bits per heavy atom. The smallest absolute Gasteiger partial charge is 0.410 e. The van der Waals surface area contributed by atoms with Crippen molar-refractivity contribution in [1.82, 2.24) is 69.7 Å². The zero-order valence-electron chi connectivity index (χ0n) is 63.4. The van der Waals surface area contributed by atoms with Crippen molar-refractivity contribution in [3.8, 4) is 24.3 Å². The van der Waals surface area contributed by atoms with E-state index in [4.69, 9.17) is 25.7 Å². The van der Waals surface area contributed by atoms with Crippen LogP contribution in [-0.4, -0.2) is 231 Å². The van der Waals surface area contributed by atoms with Gasteiger partial charge in [0.1, 0.15) is 79.6 Å². The van der Waals surface area contributed by atoms with Gasteiger partial charge in [-0.05, 0) is 164 Å². The maximum absolute atomic E-state index is 12.5. The third-order valence-corrected chi connectivity index (χ3v) is 18.3.